The lowest BCUT2D eigenvalue weighted by atomic mass is 9.92. The Bertz CT molecular complexity index is 719. The third kappa shape index (κ3) is 4.13. The van der Waals surface area contributed by atoms with Crippen LogP contribution in [0.25, 0.3) is 0 Å². The Balaban J connectivity index is 1.93. The van der Waals surface area contributed by atoms with E-state index in [1.807, 2.05) is 0 Å². The van der Waals surface area contributed by atoms with Crippen LogP contribution >= 0.6 is 0 Å². The minimum absolute atomic E-state index is 0.229. The fourth-order valence-electron chi connectivity index (χ4n) is 3.06. The van der Waals surface area contributed by atoms with Gasteiger partial charge in [0.1, 0.15) is 8.07 Å². The summed E-state index contributed by atoms with van der Waals surface area (Å²) in [6, 6.07) is 19.8. The molecule has 0 N–H and O–H groups in total. The molecule has 1 atom stereocenters. The van der Waals surface area contributed by atoms with E-state index in [0.29, 0.717) is 0 Å². The summed E-state index contributed by atoms with van der Waals surface area (Å²) < 4.78 is 0. The summed E-state index contributed by atoms with van der Waals surface area (Å²) in [6.45, 7) is 9.00. The summed E-state index contributed by atoms with van der Waals surface area (Å²) in [5, 5.41) is 0. The molecular formula is C21H25NSi. The molecule has 0 aliphatic carbocycles. The van der Waals surface area contributed by atoms with Crippen LogP contribution in [0, 0.1) is 11.5 Å². The monoisotopic (exact) mass is 319 g/mol. The highest BCUT2D eigenvalue weighted by Crippen LogP contribution is 2.30. The summed E-state index contributed by atoms with van der Waals surface area (Å²) in [6.07, 6.45) is 1.12. The van der Waals surface area contributed by atoms with Crippen LogP contribution in [0.15, 0.2) is 54.6 Å². The number of nitrogens with zero attached hydrogens (tertiary/aromatic N) is 1. The zero-order valence-electron chi connectivity index (χ0n) is 14.3. The van der Waals surface area contributed by atoms with E-state index in [2.05, 4.69) is 90.6 Å². The normalized spacial score (nSPS) is 18.0. The third-order valence-corrected chi connectivity index (χ3v) is 5.09. The maximum Gasteiger partial charge on any atom is 0.129 e. The quantitative estimate of drug-likeness (QED) is 0.574. The molecule has 0 fully saturated rings. The molecule has 0 spiro atoms. The Labute approximate surface area is 141 Å². The Hall–Kier alpha value is -1.82. The third-order valence-electron chi connectivity index (χ3n) is 4.20. The lowest BCUT2D eigenvalue weighted by Gasteiger charge is -2.34. The molecule has 1 aliphatic rings. The highest BCUT2D eigenvalue weighted by atomic mass is 28.3. The summed E-state index contributed by atoms with van der Waals surface area (Å²) in [5.74, 6) is 3.63. The van der Waals surface area contributed by atoms with Crippen molar-refractivity contribution in [2.24, 2.45) is 0 Å². The number of fused-ring (bicyclic) bond motifs is 1. The molecule has 0 aromatic heterocycles. The Morgan fingerprint density at radius 3 is 2.43 bits per heavy atom. The Morgan fingerprint density at radius 2 is 1.70 bits per heavy atom. The molecule has 0 saturated carbocycles. The molecule has 2 aromatic rings. The van der Waals surface area contributed by atoms with E-state index in [-0.39, 0.29) is 6.04 Å². The van der Waals surface area contributed by atoms with Gasteiger partial charge in [-0.1, -0.05) is 80.2 Å². The van der Waals surface area contributed by atoms with Gasteiger partial charge in [-0.15, -0.1) is 5.54 Å². The zero-order chi connectivity index (χ0) is 16.3. The standard InChI is InChI=1S/C21H25NSi/c1-23(2,3)16-14-21-20-12-8-7-11-19(20)13-15-22(21)17-18-9-5-4-6-10-18/h4-12,21H,13,15,17H2,1-3H3. The van der Waals surface area contributed by atoms with Gasteiger partial charge in [-0.05, 0) is 23.1 Å². The van der Waals surface area contributed by atoms with E-state index in [9.17, 15) is 0 Å². The van der Waals surface area contributed by atoms with Gasteiger partial charge in [-0.2, -0.15) is 0 Å². The predicted octanol–water partition coefficient (Wildman–Crippen LogP) is 4.67. The van der Waals surface area contributed by atoms with Gasteiger partial charge in [0.2, 0.25) is 0 Å². The topological polar surface area (TPSA) is 3.24 Å². The van der Waals surface area contributed by atoms with Gasteiger partial charge in [0.15, 0.2) is 0 Å². The maximum atomic E-state index is 3.63. The molecule has 1 nitrogen and oxygen atoms in total. The molecule has 0 saturated heterocycles. The molecule has 2 aromatic carbocycles. The van der Waals surface area contributed by atoms with Gasteiger partial charge >= 0.3 is 0 Å². The van der Waals surface area contributed by atoms with E-state index in [0.717, 1.165) is 19.5 Å². The SMILES string of the molecule is C[Si](C)(C)C#CC1c2ccccc2CCN1Cc1ccccc1. The van der Waals surface area contributed by atoms with Gasteiger partial charge < -0.3 is 0 Å². The van der Waals surface area contributed by atoms with Crippen LogP contribution in [-0.2, 0) is 13.0 Å². The van der Waals surface area contributed by atoms with Gasteiger partial charge in [0, 0.05) is 13.1 Å². The van der Waals surface area contributed by atoms with Crippen molar-refractivity contribution in [1.29, 1.82) is 0 Å². The molecule has 1 unspecified atom stereocenters. The smallest absolute Gasteiger partial charge is 0.129 e. The van der Waals surface area contributed by atoms with Crippen LogP contribution in [0.1, 0.15) is 22.7 Å². The van der Waals surface area contributed by atoms with Crippen molar-refractivity contribution < 1.29 is 0 Å². The van der Waals surface area contributed by atoms with Crippen LogP contribution in [0.2, 0.25) is 19.6 Å². The van der Waals surface area contributed by atoms with E-state index in [1.165, 1.54) is 16.7 Å². The molecule has 118 valence electrons. The lowest BCUT2D eigenvalue weighted by molar-refractivity contribution is 0.217. The van der Waals surface area contributed by atoms with Crippen molar-refractivity contribution >= 4 is 8.07 Å². The summed E-state index contributed by atoms with van der Waals surface area (Å²) in [5.41, 5.74) is 7.83. The van der Waals surface area contributed by atoms with E-state index >= 15 is 0 Å². The van der Waals surface area contributed by atoms with Crippen molar-refractivity contribution in [2.45, 2.75) is 38.6 Å². The molecule has 23 heavy (non-hydrogen) atoms. The van der Waals surface area contributed by atoms with Gasteiger partial charge in [0.05, 0.1) is 6.04 Å². The van der Waals surface area contributed by atoms with Crippen LogP contribution in [-0.4, -0.2) is 19.5 Å². The number of hydrogen-bond acceptors (Lipinski definition) is 1. The first-order chi connectivity index (χ1) is 11.0. The van der Waals surface area contributed by atoms with Crippen molar-refractivity contribution in [3.05, 3.63) is 71.3 Å². The average molecular weight is 320 g/mol. The zero-order valence-corrected chi connectivity index (χ0v) is 15.3. The van der Waals surface area contributed by atoms with Crippen LogP contribution in [0.5, 0.6) is 0 Å². The molecule has 1 heterocycles. The predicted molar refractivity (Wildman–Crippen MR) is 101 cm³/mol. The minimum atomic E-state index is -1.37. The number of benzene rings is 2. The fourth-order valence-corrected chi connectivity index (χ4v) is 3.63. The highest BCUT2D eigenvalue weighted by molar-refractivity contribution is 6.83. The molecule has 1 aliphatic heterocycles. The Morgan fingerprint density at radius 1 is 1.00 bits per heavy atom. The first-order valence-corrected chi connectivity index (χ1v) is 11.9. The van der Waals surface area contributed by atoms with Gasteiger partial charge in [0.25, 0.3) is 0 Å². The van der Waals surface area contributed by atoms with E-state index in [4.69, 9.17) is 0 Å². The second-order valence-corrected chi connectivity index (χ2v) is 12.1. The lowest BCUT2D eigenvalue weighted by Crippen LogP contribution is -2.34. The minimum Gasteiger partial charge on any atom is -0.281 e. The number of rotatable bonds is 2. The molecule has 0 amide bonds. The van der Waals surface area contributed by atoms with Gasteiger partial charge in [-0.25, -0.2) is 0 Å². The van der Waals surface area contributed by atoms with Crippen molar-refractivity contribution in [3.8, 4) is 11.5 Å². The molecule has 2 heteroatoms. The Kier molecular flexibility index (Phi) is 4.70. The first-order valence-electron chi connectivity index (χ1n) is 8.41. The first kappa shape index (κ1) is 16.0. The largest absolute Gasteiger partial charge is 0.281 e. The highest BCUT2D eigenvalue weighted by Gasteiger charge is 2.26. The maximum absolute atomic E-state index is 3.63. The van der Waals surface area contributed by atoms with E-state index < -0.39 is 8.07 Å². The molecule has 3 rings (SSSR count). The molecule has 0 radical (unpaired) electrons. The fraction of sp³-hybridized carbons (Fsp3) is 0.333. The second kappa shape index (κ2) is 6.74. The van der Waals surface area contributed by atoms with Crippen molar-refractivity contribution in [1.82, 2.24) is 4.90 Å². The van der Waals surface area contributed by atoms with Crippen LogP contribution in [0.4, 0.5) is 0 Å². The summed E-state index contributed by atoms with van der Waals surface area (Å²) >= 11 is 0. The summed E-state index contributed by atoms with van der Waals surface area (Å²) in [7, 11) is -1.37. The number of hydrogen-bond donors (Lipinski definition) is 0. The molecule has 0 bridgehead atoms. The van der Waals surface area contributed by atoms with Crippen molar-refractivity contribution in [2.75, 3.05) is 6.54 Å². The van der Waals surface area contributed by atoms with Crippen LogP contribution in [0.3, 0.4) is 0 Å². The average Bonchev–Trinajstić information content (AvgIpc) is 2.54. The van der Waals surface area contributed by atoms with Crippen molar-refractivity contribution in [3.63, 3.8) is 0 Å². The van der Waals surface area contributed by atoms with Gasteiger partial charge in [-0.3, -0.25) is 4.90 Å². The second-order valence-electron chi connectivity index (χ2n) is 7.33. The van der Waals surface area contributed by atoms with Crippen LogP contribution < -0.4 is 0 Å². The van der Waals surface area contributed by atoms with E-state index in [1.54, 1.807) is 0 Å². The summed E-state index contributed by atoms with van der Waals surface area (Å²) in [4.78, 5) is 2.53. The molecular weight excluding hydrogens is 294 g/mol.